The molecule has 0 saturated carbocycles. The van der Waals surface area contributed by atoms with Crippen molar-refractivity contribution in [1.29, 1.82) is 0 Å². The van der Waals surface area contributed by atoms with Gasteiger partial charge < -0.3 is 14.7 Å². The molecule has 0 unspecified atom stereocenters. The third kappa shape index (κ3) is 3.31. The number of aromatic hydroxyl groups is 1. The van der Waals surface area contributed by atoms with E-state index < -0.39 is 5.97 Å². The van der Waals surface area contributed by atoms with E-state index in [4.69, 9.17) is 14.7 Å². The molecule has 0 saturated heterocycles. The highest BCUT2D eigenvalue weighted by Crippen LogP contribution is 2.13. The second kappa shape index (κ2) is 5.31. The predicted octanol–water partition coefficient (Wildman–Crippen LogP) is 1.38. The van der Waals surface area contributed by atoms with E-state index in [2.05, 4.69) is 10.1 Å². The van der Waals surface area contributed by atoms with Crippen molar-refractivity contribution in [2.45, 2.75) is 19.3 Å². The molecule has 2 rings (SSSR count). The van der Waals surface area contributed by atoms with E-state index in [0.717, 1.165) is 5.56 Å². The smallest absolute Gasteiger partial charge is 0.303 e. The average Bonchev–Trinajstić information content (AvgIpc) is 2.77. The van der Waals surface area contributed by atoms with Gasteiger partial charge in [0.2, 0.25) is 5.89 Å². The Morgan fingerprint density at radius 1 is 1.28 bits per heavy atom. The van der Waals surface area contributed by atoms with Crippen molar-refractivity contribution in [3.8, 4) is 5.75 Å². The number of aliphatic carboxylic acids is 1. The summed E-state index contributed by atoms with van der Waals surface area (Å²) in [6.45, 7) is 0. The van der Waals surface area contributed by atoms with Crippen LogP contribution in [0.3, 0.4) is 0 Å². The van der Waals surface area contributed by atoms with E-state index in [0.29, 0.717) is 18.1 Å². The molecular weight excluding hydrogens is 236 g/mol. The monoisotopic (exact) mass is 248 g/mol. The summed E-state index contributed by atoms with van der Waals surface area (Å²) in [5.41, 5.74) is 0.932. The van der Waals surface area contributed by atoms with Crippen LogP contribution in [0.1, 0.15) is 23.7 Å². The number of carboxylic acid groups (broad SMARTS) is 1. The van der Waals surface area contributed by atoms with Gasteiger partial charge in [-0.15, -0.1) is 0 Å². The minimum absolute atomic E-state index is 0.0157. The van der Waals surface area contributed by atoms with Crippen molar-refractivity contribution < 1.29 is 19.5 Å². The SMILES string of the molecule is O=C(O)CCc1noc(Cc2ccc(O)cc2)n1. The van der Waals surface area contributed by atoms with Crippen molar-refractivity contribution in [2.75, 3.05) is 0 Å². The lowest BCUT2D eigenvalue weighted by atomic mass is 10.1. The topological polar surface area (TPSA) is 96.5 Å². The van der Waals surface area contributed by atoms with Crippen molar-refractivity contribution in [3.05, 3.63) is 41.5 Å². The second-order valence-electron chi connectivity index (χ2n) is 3.84. The zero-order chi connectivity index (χ0) is 13.0. The number of benzene rings is 1. The van der Waals surface area contributed by atoms with Crippen LogP contribution in [0.25, 0.3) is 0 Å². The van der Waals surface area contributed by atoms with Gasteiger partial charge in [0.25, 0.3) is 0 Å². The molecule has 0 aliphatic heterocycles. The normalized spacial score (nSPS) is 10.4. The lowest BCUT2D eigenvalue weighted by molar-refractivity contribution is -0.137. The fourth-order valence-electron chi connectivity index (χ4n) is 1.47. The van der Waals surface area contributed by atoms with Gasteiger partial charge >= 0.3 is 5.97 Å². The molecular formula is C12H12N2O4. The Morgan fingerprint density at radius 2 is 2.00 bits per heavy atom. The van der Waals surface area contributed by atoms with Gasteiger partial charge in [0.1, 0.15) is 5.75 Å². The predicted molar refractivity (Wildman–Crippen MR) is 61.2 cm³/mol. The van der Waals surface area contributed by atoms with Gasteiger partial charge in [-0.05, 0) is 17.7 Å². The molecule has 1 aromatic carbocycles. The van der Waals surface area contributed by atoms with Crippen LogP contribution in [0.15, 0.2) is 28.8 Å². The van der Waals surface area contributed by atoms with Gasteiger partial charge in [0.05, 0.1) is 12.8 Å². The molecule has 1 aromatic heterocycles. The Morgan fingerprint density at radius 3 is 2.67 bits per heavy atom. The van der Waals surface area contributed by atoms with Crippen LogP contribution in [-0.2, 0) is 17.6 Å². The average molecular weight is 248 g/mol. The highest BCUT2D eigenvalue weighted by molar-refractivity contribution is 5.66. The number of aromatic nitrogens is 2. The fourth-order valence-corrected chi connectivity index (χ4v) is 1.47. The lowest BCUT2D eigenvalue weighted by Gasteiger charge is -1.96. The highest BCUT2D eigenvalue weighted by atomic mass is 16.5. The maximum Gasteiger partial charge on any atom is 0.303 e. The molecule has 0 spiro atoms. The second-order valence-corrected chi connectivity index (χ2v) is 3.84. The number of nitrogens with zero attached hydrogens (tertiary/aromatic N) is 2. The number of hydrogen-bond donors (Lipinski definition) is 2. The van der Waals surface area contributed by atoms with Gasteiger partial charge in [-0.2, -0.15) is 4.98 Å². The minimum atomic E-state index is -0.889. The fraction of sp³-hybridized carbons (Fsp3) is 0.250. The first-order valence-corrected chi connectivity index (χ1v) is 5.44. The van der Waals surface area contributed by atoms with Crippen molar-refractivity contribution in [1.82, 2.24) is 10.1 Å². The summed E-state index contributed by atoms with van der Waals surface area (Å²) in [6.07, 6.45) is 0.701. The molecule has 6 heteroatoms. The lowest BCUT2D eigenvalue weighted by Crippen LogP contribution is -1.99. The zero-order valence-electron chi connectivity index (χ0n) is 9.54. The Hall–Kier alpha value is -2.37. The Bertz CT molecular complexity index is 533. The molecule has 2 N–H and O–H groups in total. The van der Waals surface area contributed by atoms with Crippen LogP contribution < -0.4 is 0 Å². The van der Waals surface area contributed by atoms with Gasteiger partial charge in [-0.3, -0.25) is 4.79 Å². The Labute approximate surface area is 103 Å². The summed E-state index contributed by atoms with van der Waals surface area (Å²) < 4.78 is 5.01. The van der Waals surface area contributed by atoms with E-state index in [1.165, 1.54) is 0 Å². The summed E-state index contributed by atoms with van der Waals surface area (Å²) >= 11 is 0. The molecule has 0 fully saturated rings. The number of carbonyl (C=O) groups is 1. The van der Waals surface area contributed by atoms with E-state index in [1.54, 1.807) is 24.3 Å². The van der Waals surface area contributed by atoms with Crippen molar-refractivity contribution in [2.24, 2.45) is 0 Å². The van der Waals surface area contributed by atoms with Crippen LogP contribution in [0, 0.1) is 0 Å². The van der Waals surface area contributed by atoms with Gasteiger partial charge in [0.15, 0.2) is 5.82 Å². The van der Waals surface area contributed by atoms with Gasteiger partial charge in [-0.1, -0.05) is 17.3 Å². The quantitative estimate of drug-likeness (QED) is 0.829. The number of hydrogen-bond acceptors (Lipinski definition) is 5. The molecule has 0 aliphatic carbocycles. The van der Waals surface area contributed by atoms with E-state index in [1.807, 2.05) is 0 Å². The maximum atomic E-state index is 10.4. The van der Waals surface area contributed by atoms with Crippen LogP contribution in [-0.4, -0.2) is 26.3 Å². The van der Waals surface area contributed by atoms with Crippen LogP contribution in [0.2, 0.25) is 0 Å². The summed E-state index contributed by atoms with van der Waals surface area (Å²) in [6, 6.07) is 6.68. The van der Waals surface area contributed by atoms with Crippen LogP contribution >= 0.6 is 0 Å². The maximum absolute atomic E-state index is 10.4. The first-order valence-electron chi connectivity index (χ1n) is 5.44. The number of rotatable bonds is 5. The summed E-state index contributed by atoms with van der Waals surface area (Å²) in [5, 5.41) is 21.4. The largest absolute Gasteiger partial charge is 0.508 e. The Balaban J connectivity index is 1.97. The molecule has 1 heterocycles. The summed E-state index contributed by atoms with van der Waals surface area (Å²) in [7, 11) is 0. The van der Waals surface area contributed by atoms with E-state index in [9.17, 15) is 4.79 Å². The third-order valence-corrected chi connectivity index (χ3v) is 2.36. The molecule has 94 valence electrons. The van der Waals surface area contributed by atoms with Gasteiger partial charge in [-0.25, -0.2) is 0 Å². The van der Waals surface area contributed by atoms with E-state index >= 15 is 0 Å². The molecule has 0 bridgehead atoms. The first-order chi connectivity index (χ1) is 8.63. The zero-order valence-corrected chi connectivity index (χ0v) is 9.54. The number of phenols is 1. The van der Waals surface area contributed by atoms with Crippen LogP contribution in [0.5, 0.6) is 5.75 Å². The summed E-state index contributed by atoms with van der Waals surface area (Å²) in [4.78, 5) is 14.5. The molecule has 0 radical (unpaired) electrons. The molecule has 0 atom stereocenters. The van der Waals surface area contributed by atoms with Crippen LogP contribution in [0.4, 0.5) is 0 Å². The molecule has 6 nitrogen and oxygen atoms in total. The van der Waals surface area contributed by atoms with Gasteiger partial charge in [0, 0.05) is 6.42 Å². The van der Waals surface area contributed by atoms with Crippen molar-refractivity contribution in [3.63, 3.8) is 0 Å². The highest BCUT2D eigenvalue weighted by Gasteiger charge is 2.08. The first kappa shape index (κ1) is 12.1. The number of phenolic OH excluding ortho intramolecular Hbond substituents is 1. The summed E-state index contributed by atoms with van der Waals surface area (Å²) in [5.74, 6) is 0.138. The molecule has 2 aromatic rings. The standard InChI is InChI=1S/C12H12N2O4/c15-9-3-1-8(2-4-9)7-11-13-10(14-18-11)5-6-12(16)17/h1-4,15H,5-7H2,(H,16,17). The van der Waals surface area contributed by atoms with E-state index in [-0.39, 0.29) is 18.6 Å². The molecule has 0 amide bonds. The molecule has 0 aliphatic rings. The number of aryl methyl sites for hydroxylation is 1. The molecule has 18 heavy (non-hydrogen) atoms. The minimum Gasteiger partial charge on any atom is -0.508 e. The third-order valence-electron chi connectivity index (χ3n) is 2.36. The Kier molecular flexibility index (Phi) is 3.57. The number of carboxylic acids is 1. The van der Waals surface area contributed by atoms with Crippen molar-refractivity contribution >= 4 is 5.97 Å².